The van der Waals surface area contributed by atoms with Gasteiger partial charge in [-0.3, -0.25) is 4.79 Å². The average Bonchev–Trinajstić information content (AvgIpc) is 3.08. The first kappa shape index (κ1) is 14.8. The van der Waals surface area contributed by atoms with E-state index in [2.05, 4.69) is 5.10 Å². The summed E-state index contributed by atoms with van der Waals surface area (Å²) in [6.07, 6.45) is 5.07. The molecule has 0 bridgehead atoms. The van der Waals surface area contributed by atoms with Crippen LogP contribution < -0.4 is 0 Å². The number of likely N-dealkylation sites (tertiary alicyclic amines) is 1. The van der Waals surface area contributed by atoms with Gasteiger partial charge in [0.2, 0.25) is 0 Å². The number of aliphatic hydroxyl groups is 1. The number of hydrogen-bond donors (Lipinski definition) is 1. The standard InChI is InChI=1S/C17H21N3O2/c1-13(21)14-6-4-10-19(12-14)17(22)15-7-2-3-8-16(15)20-11-5-9-18-20/h2-3,5,7-9,11,13-14,21H,4,6,10,12H2,1H3. The Labute approximate surface area is 130 Å². The Morgan fingerprint density at radius 3 is 2.91 bits per heavy atom. The molecule has 1 fully saturated rings. The fourth-order valence-corrected chi connectivity index (χ4v) is 3.02. The van der Waals surface area contributed by atoms with E-state index in [0.29, 0.717) is 12.1 Å². The third-order valence-corrected chi connectivity index (χ3v) is 4.31. The van der Waals surface area contributed by atoms with Gasteiger partial charge in [0.1, 0.15) is 0 Å². The van der Waals surface area contributed by atoms with Gasteiger partial charge in [0.15, 0.2) is 0 Å². The van der Waals surface area contributed by atoms with Crippen LogP contribution in [-0.2, 0) is 0 Å². The fraction of sp³-hybridized carbons (Fsp3) is 0.412. The first-order chi connectivity index (χ1) is 10.7. The SMILES string of the molecule is CC(O)C1CCCN(C(=O)c2ccccc2-n2cccn2)C1. The Kier molecular flexibility index (Phi) is 4.24. The molecule has 22 heavy (non-hydrogen) atoms. The summed E-state index contributed by atoms with van der Waals surface area (Å²) in [6.45, 7) is 3.16. The summed E-state index contributed by atoms with van der Waals surface area (Å²) in [7, 11) is 0. The van der Waals surface area contributed by atoms with Crippen molar-refractivity contribution in [3.8, 4) is 5.69 Å². The van der Waals surface area contributed by atoms with Crippen molar-refractivity contribution in [3.05, 3.63) is 48.3 Å². The van der Waals surface area contributed by atoms with Crippen molar-refractivity contribution in [1.82, 2.24) is 14.7 Å². The minimum atomic E-state index is -0.378. The zero-order valence-corrected chi connectivity index (χ0v) is 12.7. The minimum absolute atomic E-state index is 0.0106. The van der Waals surface area contributed by atoms with Gasteiger partial charge in [-0.25, -0.2) is 4.68 Å². The van der Waals surface area contributed by atoms with Crippen LogP contribution in [0, 0.1) is 5.92 Å². The summed E-state index contributed by atoms with van der Waals surface area (Å²) in [4.78, 5) is 14.7. The van der Waals surface area contributed by atoms with Crippen LogP contribution in [0.4, 0.5) is 0 Å². The first-order valence-electron chi connectivity index (χ1n) is 7.73. The summed E-state index contributed by atoms with van der Waals surface area (Å²) in [5, 5.41) is 14.0. The van der Waals surface area contributed by atoms with Crippen LogP contribution in [0.3, 0.4) is 0 Å². The van der Waals surface area contributed by atoms with E-state index >= 15 is 0 Å². The highest BCUT2D eigenvalue weighted by atomic mass is 16.3. The molecule has 5 heteroatoms. The third kappa shape index (κ3) is 2.90. The molecule has 2 aromatic rings. The molecule has 0 radical (unpaired) electrons. The second kappa shape index (κ2) is 6.32. The van der Waals surface area contributed by atoms with E-state index in [1.165, 1.54) is 0 Å². The van der Waals surface area contributed by atoms with Gasteiger partial charge in [-0.2, -0.15) is 5.10 Å². The Bertz CT molecular complexity index is 637. The molecule has 1 aliphatic rings. The smallest absolute Gasteiger partial charge is 0.256 e. The number of nitrogens with zero attached hydrogens (tertiary/aromatic N) is 3. The van der Waals surface area contributed by atoms with E-state index in [1.807, 2.05) is 41.4 Å². The van der Waals surface area contributed by atoms with Gasteiger partial charge in [0.05, 0.1) is 17.4 Å². The molecule has 0 aliphatic carbocycles. The molecule has 2 atom stereocenters. The number of aromatic nitrogens is 2. The maximum absolute atomic E-state index is 12.9. The Balaban J connectivity index is 1.87. The molecule has 1 amide bonds. The van der Waals surface area contributed by atoms with Crippen molar-refractivity contribution >= 4 is 5.91 Å². The van der Waals surface area contributed by atoms with E-state index in [0.717, 1.165) is 25.1 Å². The van der Waals surface area contributed by atoms with E-state index < -0.39 is 0 Å². The highest BCUT2D eigenvalue weighted by Gasteiger charge is 2.28. The van der Waals surface area contributed by atoms with Crippen molar-refractivity contribution in [2.45, 2.75) is 25.9 Å². The number of aliphatic hydroxyl groups excluding tert-OH is 1. The van der Waals surface area contributed by atoms with Gasteiger partial charge in [-0.15, -0.1) is 0 Å². The van der Waals surface area contributed by atoms with Gasteiger partial charge in [0, 0.05) is 31.4 Å². The Morgan fingerprint density at radius 1 is 1.36 bits per heavy atom. The molecular weight excluding hydrogens is 278 g/mol. The fourth-order valence-electron chi connectivity index (χ4n) is 3.02. The highest BCUT2D eigenvalue weighted by Crippen LogP contribution is 2.23. The molecule has 1 aromatic carbocycles. The molecular formula is C17H21N3O2. The van der Waals surface area contributed by atoms with Gasteiger partial charge < -0.3 is 10.0 Å². The summed E-state index contributed by atoms with van der Waals surface area (Å²) in [6, 6.07) is 9.35. The molecule has 0 saturated carbocycles. The third-order valence-electron chi connectivity index (χ3n) is 4.31. The molecule has 1 aliphatic heterocycles. The maximum Gasteiger partial charge on any atom is 0.256 e. The quantitative estimate of drug-likeness (QED) is 0.944. The van der Waals surface area contributed by atoms with Crippen LogP contribution in [0.1, 0.15) is 30.1 Å². The topological polar surface area (TPSA) is 58.4 Å². The van der Waals surface area contributed by atoms with Crippen molar-refractivity contribution < 1.29 is 9.90 Å². The summed E-state index contributed by atoms with van der Waals surface area (Å²) in [5.41, 5.74) is 1.44. The number of piperidine rings is 1. The largest absolute Gasteiger partial charge is 0.393 e. The number of amides is 1. The number of rotatable bonds is 3. The molecule has 1 aromatic heterocycles. The van der Waals surface area contributed by atoms with Gasteiger partial charge >= 0.3 is 0 Å². The van der Waals surface area contributed by atoms with E-state index in [9.17, 15) is 9.90 Å². The maximum atomic E-state index is 12.9. The number of carbonyl (C=O) groups excluding carboxylic acids is 1. The predicted molar refractivity (Wildman–Crippen MR) is 83.9 cm³/mol. The van der Waals surface area contributed by atoms with E-state index in [4.69, 9.17) is 0 Å². The molecule has 5 nitrogen and oxygen atoms in total. The normalized spacial score (nSPS) is 19.9. The molecule has 3 rings (SSSR count). The van der Waals surface area contributed by atoms with Crippen LogP contribution >= 0.6 is 0 Å². The second-order valence-electron chi connectivity index (χ2n) is 5.86. The molecule has 1 saturated heterocycles. The zero-order chi connectivity index (χ0) is 15.5. The van der Waals surface area contributed by atoms with E-state index in [1.54, 1.807) is 17.8 Å². The number of carbonyl (C=O) groups is 1. The van der Waals surface area contributed by atoms with E-state index in [-0.39, 0.29) is 17.9 Å². The van der Waals surface area contributed by atoms with Crippen LogP contribution in [0.15, 0.2) is 42.7 Å². The predicted octanol–water partition coefficient (Wildman–Crippen LogP) is 2.11. The molecule has 2 heterocycles. The molecule has 116 valence electrons. The van der Waals surface area contributed by atoms with Crippen LogP contribution in [-0.4, -0.2) is 44.9 Å². The second-order valence-corrected chi connectivity index (χ2v) is 5.86. The number of hydrogen-bond acceptors (Lipinski definition) is 3. The first-order valence-corrected chi connectivity index (χ1v) is 7.73. The molecule has 1 N–H and O–H groups in total. The Morgan fingerprint density at radius 2 is 2.18 bits per heavy atom. The van der Waals surface area contributed by atoms with Gasteiger partial charge in [-0.05, 0) is 38.0 Å². The van der Waals surface area contributed by atoms with Crippen molar-refractivity contribution in [2.24, 2.45) is 5.92 Å². The lowest BCUT2D eigenvalue weighted by molar-refractivity contribution is 0.0466. The lowest BCUT2D eigenvalue weighted by atomic mass is 9.93. The molecule has 0 spiro atoms. The minimum Gasteiger partial charge on any atom is -0.393 e. The highest BCUT2D eigenvalue weighted by molar-refractivity contribution is 5.97. The van der Waals surface area contributed by atoms with Crippen LogP contribution in [0.2, 0.25) is 0 Å². The van der Waals surface area contributed by atoms with Gasteiger partial charge in [-0.1, -0.05) is 12.1 Å². The van der Waals surface area contributed by atoms with Crippen molar-refractivity contribution in [3.63, 3.8) is 0 Å². The number of benzene rings is 1. The van der Waals surface area contributed by atoms with Crippen LogP contribution in [0.25, 0.3) is 5.69 Å². The Hall–Kier alpha value is -2.14. The lowest BCUT2D eigenvalue weighted by Gasteiger charge is -2.34. The zero-order valence-electron chi connectivity index (χ0n) is 12.7. The lowest BCUT2D eigenvalue weighted by Crippen LogP contribution is -2.43. The summed E-state index contributed by atoms with van der Waals surface area (Å²) < 4.78 is 1.71. The van der Waals surface area contributed by atoms with Gasteiger partial charge in [0.25, 0.3) is 5.91 Å². The average molecular weight is 299 g/mol. The summed E-state index contributed by atoms with van der Waals surface area (Å²) >= 11 is 0. The molecule has 2 unspecified atom stereocenters. The van der Waals surface area contributed by atoms with Crippen molar-refractivity contribution in [1.29, 1.82) is 0 Å². The van der Waals surface area contributed by atoms with Crippen molar-refractivity contribution in [2.75, 3.05) is 13.1 Å². The van der Waals surface area contributed by atoms with Crippen LogP contribution in [0.5, 0.6) is 0 Å². The monoisotopic (exact) mass is 299 g/mol. The number of para-hydroxylation sites is 1. The summed E-state index contributed by atoms with van der Waals surface area (Å²) in [5.74, 6) is 0.172.